The number of carbonyl (C=O) groups is 1. The van der Waals surface area contributed by atoms with Crippen molar-refractivity contribution in [2.75, 3.05) is 39.4 Å². The first-order valence-electron chi connectivity index (χ1n) is 9.81. The summed E-state index contributed by atoms with van der Waals surface area (Å²) in [5, 5.41) is 8.42. The van der Waals surface area contributed by atoms with Gasteiger partial charge in [-0.3, -0.25) is 9.20 Å². The number of pyridine rings is 1. The molecule has 0 atom stereocenters. The van der Waals surface area contributed by atoms with Crippen LogP contribution in [0.15, 0.2) is 53.6 Å². The molecule has 2 fully saturated rings. The van der Waals surface area contributed by atoms with Gasteiger partial charge in [0.15, 0.2) is 5.65 Å². The molecule has 9 nitrogen and oxygen atoms in total. The molecule has 0 spiro atoms. The van der Waals surface area contributed by atoms with E-state index in [1.165, 1.54) is 16.4 Å². The molecule has 3 aromatic rings. The SMILES string of the molecule is O=C(c1ccc(S(=O)(=O)N2CCOCC2)cc1)N1CC(c2nnc3ccccn23)C1. The summed E-state index contributed by atoms with van der Waals surface area (Å²) < 4.78 is 34.0. The van der Waals surface area contributed by atoms with Crippen LogP contribution in [0.4, 0.5) is 0 Å². The van der Waals surface area contributed by atoms with Crippen molar-refractivity contribution in [2.24, 2.45) is 0 Å². The highest BCUT2D eigenvalue weighted by Gasteiger charge is 2.35. The summed E-state index contributed by atoms with van der Waals surface area (Å²) >= 11 is 0. The van der Waals surface area contributed by atoms with Gasteiger partial charge in [-0.05, 0) is 36.4 Å². The lowest BCUT2D eigenvalue weighted by Gasteiger charge is -2.38. The smallest absolute Gasteiger partial charge is 0.253 e. The van der Waals surface area contributed by atoms with E-state index in [4.69, 9.17) is 4.74 Å². The lowest BCUT2D eigenvalue weighted by molar-refractivity contribution is 0.0593. The maximum absolute atomic E-state index is 12.8. The summed E-state index contributed by atoms with van der Waals surface area (Å²) in [4.78, 5) is 14.7. The topological polar surface area (TPSA) is 97.1 Å². The number of sulfonamides is 1. The van der Waals surface area contributed by atoms with Crippen molar-refractivity contribution in [1.29, 1.82) is 0 Å². The number of likely N-dealkylation sites (tertiary alicyclic amines) is 1. The third-order valence-electron chi connectivity index (χ3n) is 5.58. The second-order valence-electron chi connectivity index (χ2n) is 7.43. The number of hydrogen-bond acceptors (Lipinski definition) is 6. The molecule has 2 aromatic heterocycles. The van der Waals surface area contributed by atoms with E-state index < -0.39 is 10.0 Å². The molecule has 1 amide bonds. The van der Waals surface area contributed by atoms with Crippen LogP contribution in [0.2, 0.25) is 0 Å². The van der Waals surface area contributed by atoms with E-state index in [0.717, 1.165) is 11.5 Å². The van der Waals surface area contributed by atoms with Crippen LogP contribution in [-0.4, -0.2) is 77.5 Å². The van der Waals surface area contributed by atoms with Gasteiger partial charge in [-0.25, -0.2) is 8.42 Å². The standard InChI is InChI=1S/C20H21N5O4S/c26-20(23-13-16(14-23)19-22-21-18-3-1-2-8-25(18)19)15-4-6-17(7-5-15)30(27,28)24-9-11-29-12-10-24/h1-8,16H,9-14H2. The lowest BCUT2D eigenvalue weighted by Crippen LogP contribution is -2.49. The zero-order valence-corrected chi connectivity index (χ0v) is 17.0. The maximum Gasteiger partial charge on any atom is 0.253 e. The highest BCUT2D eigenvalue weighted by Crippen LogP contribution is 2.28. The van der Waals surface area contributed by atoms with Gasteiger partial charge in [-0.2, -0.15) is 4.31 Å². The van der Waals surface area contributed by atoms with Gasteiger partial charge >= 0.3 is 0 Å². The van der Waals surface area contributed by atoms with E-state index in [-0.39, 0.29) is 16.7 Å². The second-order valence-corrected chi connectivity index (χ2v) is 9.37. The van der Waals surface area contributed by atoms with Crippen LogP contribution in [0.3, 0.4) is 0 Å². The fraction of sp³-hybridized carbons (Fsp3) is 0.350. The number of morpholine rings is 1. The molecular formula is C20H21N5O4S. The van der Waals surface area contributed by atoms with E-state index in [2.05, 4.69) is 10.2 Å². The maximum atomic E-state index is 12.8. The molecule has 5 rings (SSSR count). The molecule has 2 saturated heterocycles. The van der Waals surface area contributed by atoms with Crippen molar-refractivity contribution in [2.45, 2.75) is 10.8 Å². The van der Waals surface area contributed by atoms with Gasteiger partial charge in [-0.1, -0.05) is 6.07 Å². The molecule has 30 heavy (non-hydrogen) atoms. The summed E-state index contributed by atoms with van der Waals surface area (Å²) in [6, 6.07) is 11.9. The Bertz CT molecular complexity index is 1180. The second kappa shape index (κ2) is 7.46. The van der Waals surface area contributed by atoms with E-state index in [9.17, 15) is 13.2 Å². The van der Waals surface area contributed by atoms with Gasteiger partial charge in [-0.15, -0.1) is 10.2 Å². The van der Waals surface area contributed by atoms with Crippen molar-refractivity contribution >= 4 is 21.6 Å². The summed E-state index contributed by atoms with van der Waals surface area (Å²) in [6.45, 7) is 2.59. The fourth-order valence-corrected chi connectivity index (χ4v) is 5.24. The largest absolute Gasteiger partial charge is 0.379 e. The highest BCUT2D eigenvalue weighted by molar-refractivity contribution is 7.89. The molecule has 4 heterocycles. The summed E-state index contributed by atoms with van der Waals surface area (Å²) in [5.41, 5.74) is 1.26. The summed E-state index contributed by atoms with van der Waals surface area (Å²) in [7, 11) is -3.57. The molecule has 0 saturated carbocycles. The third kappa shape index (κ3) is 3.26. The molecule has 0 aliphatic carbocycles. The monoisotopic (exact) mass is 427 g/mol. The number of rotatable bonds is 4. The number of ether oxygens (including phenoxy) is 1. The number of carbonyl (C=O) groups excluding carboxylic acids is 1. The Balaban J connectivity index is 1.26. The van der Waals surface area contributed by atoms with Crippen molar-refractivity contribution in [3.8, 4) is 0 Å². The van der Waals surface area contributed by atoms with E-state index in [0.29, 0.717) is 45.0 Å². The Morgan fingerprint density at radius 2 is 1.73 bits per heavy atom. The Morgan fingerprint density at radius 3 is 2.47 bits per heavy atom. The third-order valence-corrected chi connectivity index (χ3v) is 7.50. The van der Waals surface area contributed by atoms with Gasteiger partial charge in [0.25, 0.3) is 5.91 Å². The van der Waals surface area contributed by atoms with Crippen LogP contribution in [0, 0.1) is 0 Å². The van der Waals surface area contributed by atoms with Crippen molar-refractivity contribution < 1.29 is 17.9 Å². The first-order valence-corrected chi connectivity index (χ1v) is 11.2. The Labute approximate surface area is 173 Å². The molecule has 0 bridgehead atoms. The Morgan fingerprint density at radius 1 is 1.00 bits per heavy atom. The minimum absolute atomic E-state index is 0.115. The van der Waals surface area contributed by atoms with Crippen molar-refractivity contribution in [3.63, 3.8) is 0 Å². The predicted molar refractivity (Wildman–Crippen MR) is 108 cm³/mol. The molecule has 2 aliphatic heterocycles. The van der Waals surface area contributed by atoms with Crippen molar-refractivity contribution in [1.82, 2.24) is 23.8 Å². The number of aromatic nitrogens is 3. The zero-order valence-electron chi connectivity index (χ0n) is 16.2. The van der Waals surface area contributed by atoms with E-state index >= 15 is 0 Å². The van der Waals surface area contributed by atoms with Gasteiger partial charge in [0.2, 0.25) is 10.0 Å². The van der Waals surface area contributed by atoms with Crippen LogP contribution in [-0.2, 0) is 14.8 Å². The molecule has 2 aliphatic rings. The molecule has 0 unspecified atom stereocenters. The normalized spacial score (nSPS) is 18.5. The fourth-order valence-electron chi connectivity index (χ4n) is 3.83. The molecular weight excluding hydrogens is 406 g/mol. The van der Waals surface area contributed by atoms with Crippen LogP contribution >= 0.6 is 0 Å². The average molecular weight is 427 g/mol. The zero-order chi connectivity index (χ0) is 20.7. The number of fused-ring (bicyclic) bond motifs is 1. The number of hydrogen-bond donors (Lipinski definition) is 0. The summed E-state index contributed by atoms with van der Waals surface area (Å²) in [5.74, 6) is 0.865. The van der Waals surface area contributed by atoms with E-state index in [1.807, 2.05) is 28.8 Å². The minimum atomic E-state index is -3.57. The van der Waals surface area contributed by atoms with Crippen molar-refractivity contribution in [3.05, 3.63) is 60.0 Å². The number of amides is 1. The molecule has 0 radical (unpaired) electrons. The van der Waals surface area contributed by atoms with Gasteiger partial charge in [0.1, 0.15) is 5.82 Å². The molecule has 0 N–H and O–H groups in total. The molecule has 10 heteroatoms. The van der Waals surface area contributed by atoms with Gasteiger partial charge < -0.3 is 9.64 Å². The van der Waals surface area contributed by atoms with Gasteiger partial charge in [0, 0.05) is 37.9 Å². The number of nitrogens with zero attached hydrogens (tertiary/aromatic N) is 5. The molecule has 1 aromatic carbocycles. The van der Waals surface area contributed by atoms with Gasteiger partial charge in [0.05, 0.1) is 24.0 Å². The Hall–Kier alpha value is -2.82. The van der Waals surface area contributed by atoms with E-state index in [1.54, 1.807) is 17.0 Å². The average Bonchev–Trinajstić information content (AvgIpc) is 3.17. The first-order chi connectivity index (χ1) is 14.5. The quantitative estimate of drug-likeness (QED) is 0.616. The Kier molecular flexibility index (Phi) is 4.76. The molecule has 156 valence electrons. The van der Waals surface area contributed by atoms with Crippen LogP contribution < -0.4 is 0 Å². The summed E-state index contributed by atoms with van der Waals surface area (Å²) in [6.07, 6.45) is 1.92. The first kappa shape index (κ1) is 19.2. The minimum Gasteiger partial charge on any atom is -0.379 e. The predicted octanol–water partition coefficient (Wildman–Crippen LogP) is 0.990. The number of benzene rings is 1. The van der Waals surface area contributed by atoms with Crippen LogP contribution in [0.1, 0.15) is 22.1 Å². The highest BCUT2D eigenvalue weighted by atomic mass is 32.2. The van der Waals surface area contributed by atoms with Crippen LogP contribution in [0.25, 0.3) is 5.65 Å². The lowest BCUT2D eigenvalue weighted by atomic mass is 9.98. The van der Waals surface area contributed by atoms with Crippen LogP contribution in [0.5, 0.6) is 0 Å².